The van der Waals surface area contributed by atoms with Gasteiger partial charge in [0.25, 0.3) is 0 Å². The van der Waals surface area contributed by atoms with E-state index in [-0.39, 0.29) is 0 Å². The first-order valence-electron chi connectivity index (χ1n) is 5.65. The quantitative estimate of drug-likeness (QED) is 0.707. The SMILES string of the molecule is Cc1[nH]c(-c2cc3ccccc3s2)cc1CN. The Labute approximate surface area is 104 Å². The number of rotatable bonds is 2. The smallest absolute Gasteiger partial charge is 0.0561 e. The molecule has 3 N–H and O–H groups in total. The summed E-state index contributed by atoms with van der Waals surface area (Å²) in [5.41, 5.74) is 9.23. The Kier molecular flexibility index (Phi) is 2.50. The number of hydrogen-bond donors (Lipinski definition) is 2. The number of aryl methyl sites for hydroxylation is 1. The number of nitrogens with one attached hydrogen (secondary N) is 1. The van der Waals surface area contributed by atoms with Crippen LogP contribution in [0.25, 0.3) is 20.7 Å². The van der Waals surface area contributed by atoms with Crippen LogP contribution in [-0.4, -0.2) is 4.98 Å². The summed E-state index contributed by atoms with van der Waals surface area (Å²) < 4.78 is 1.32. The molecule has 0 spiro atoms. The summed E-state index contributed by atoms with van der Waals surface area (Å²) in [4.78, 5) is 4.68. The van der Waals surface area contributed by atoms with Gasteiger partial charge in [0.15, 0.2) is 0 Å². The molecule has 0 bridgehead atoms. The van der Waals surface area contributed by atoms with Gasteiger partial charge in [-0.3, -0.25) is 0 Å². The minimum atomic E-state index is 0.591. The van der Waals surface area contributed by atoms with Gasteiger partial charge in [-0.25, -0.2) is 0 Å². The van der Waals surface area contributed by atoms with Crippen molar-refractivity contribution in [1.82, 2.24) is 4.98 Å². The number of aromatic amines is 1. The molecule has 0 saturated heterocycles. The van der Waals surface area contributed by atoms with E-state index in [2.05, 4.69) is 48.3 Å². The zero-order valence-electron chi connectivity index (χ0n) is 9.66. The van der Waals surface area contributed by atoms with Crippen LogP contribution in [0.4, 0.5) is 0 Å². The van der Waals surface area contributed by atoms with E-state index >= 15 is 0 Å². The van der Waals surface area contributed by atoms with Crippen LogP contribution < -0.4 is 5.73 Å². The Balaban J connectivity index is 2.13. The highest BCUT2D eigenvalue weighted by atomic mass is 32.1. The van der Waals surface area contributed by atoms with Gasteiger partial charge in [-0.05, 0) is 36.1 Å². The van der Waals surface area contributed by atoms with Crippen LogP contribution in [0.3, 0.4) is 0 Å². The molecule has 0 fully saturated rings. The van der Waals surface area contributed by atoms with Crippen LogP contribution in [0, 0.1) is 6.92 Å². The third-order valence-corrected chi connectivity index (χ3v) is 4.18. The van der Waals surface area contributed by atoms with Gasteiger partial charge < -0.3 is 10.7 Å². The summed E-state index contributed by atoms with van der Waals surface area (Å²) in [6, 6.07) is 12.8. The number of thiophene rings is 1. The maximum Gasteiger partial charge on any atom is 0.0561 e. The first kappa shape index (κ1) is 10.6. The van der Waals surface area contributed by atoms with Crippen molar-refractivity contribution in [2.45, 2.75) is 13.5 Å². The number of benzene rings is 1. The fraction of sp³-hybridized carbons (Fsp3) is 0.143. The minimum Gasteiger partial charge on any atom is -0.358 e. The maximum atomic E-state index is 5.70. The largest absolute Gasteiger partial charge is 0.358 e. The highest BCUT2D eigenvalue weighted by Gasteiger charge is 2.08. The Hall–Kier alpha value is -1.58. The zero-order valence-corrected chi connectivity index (χ0v) is 10.5. The van der Waals surface area contributed by atoms with E-state index in [0.29, 0.717) is 6.54 Å². The van der Waals surface area contributed by atoms with Crippen molar-refractivity contribution in [2.24, 2.45) is 5.73 Å². The van der Waals surface area contributed by atoms with E-state index in [0.717, 1.165) is 0 Å². The molecular weight excluding hydrogens is 228 g/mol. The van der Waals surface area contributed by atoms with Crippen molar-refractivity contribution >= 4 is 21.4 Å². The number of hydrogen-bond acceptors (Lipinski definition) is 2. The molecule has 1 aromatic carbocycles. The third-order valence-electron chi connectivity index (χ3n) is 3.03. The standard InChI is InChI=1S/C14H14N2S/c1-9-11(8-15)6-12(16-9)14-7-10-4-2-3-5-13(10)17-14/h2-7,16H,8,15H2,1H3. The van der Waals surface area contributed by atoms with Gasteiger partial charge in [-0.15, -0.1) is 11.3 Å². The predicted molar refractivity (Wildman–Crippen MR) is 74.2 cm³/mol. The lowest BCUT2D eigenvalue weighted by atomic mass is 10.2. The Morgan fingerprint density at radius 3 is 2.76 bits per heavy atom. The zero-order chi connectivity index (χ0) is 11.8. The molecule has 0 aliphatic rings. The summed E-state index contributed by atoms with van der Waals surface area (Å²) in [5, 5.41) is 1.30. The van der Waals surface area contributed by atoms with E-state index in [1.807, 2.05) is 11.3 Å². The monoisotopic (exact) mass is 242 g/mol. The first-order chi connectivity index (χ1) is 8.28. The lowest BCUT2D eigenvalue weighted by Gasteiger charge is -1.89. The molecule has 3 heteroatoms. The maximum absolute atomic E-state index is 5.70. The molecule has 0 saturated carbocycles. The normalized spacial score (nSPS) is 11.2. The highest BCUT2D eigenvalue weighted by molar-refractivity contribution is 7.22. The summed E-state index contributed by atoms with van der Waals surface area (Å²) in [6.07, 6.45) is 0. The molecule has 0 unspecified atom stereocenters. The Morgan fingerprint density at radius 1 is 1.24 bits per heavy atom. The van der Waals surface area contributed by atoms with Crippen LogP contribution in [0.15, 0.2) is 36.4 Å². The molecule has 2 heterocycles. The second-order valence-electron chi connectivity index (χ2n) is 4.19. The molecule has 86 valence electrons. The van der Waals surface area contributed by atoms with Gasteiger partial charge in [-0.1, -0.05) is 18.2 Å². The molecule has 0 radical (unpaired) electrons. The van der Waals surface area contributed by atoms with Crippen molar-refractivity contribution in [1.29, 1.82) is 0 Å². The van der Waals surface area contributed by atoms with Gasteiger partial charge in [0, 0.05) is 16.9 Å². The highest BCUT2D eigenvalue weighted by Crippen LogP contribution is 2.33. The van der Waals surface area contributed by atoms with E-state index in [1.54, 1.807) is 0 Å². The average Bonchev–Trinajstić information content (AvgIpc) is 2.91. The number of fused-ring (bicyclic) bond motifs is 1. The van der Waals surface area contributed by atoms with E-state index < -0.39 is 0 Å². The van der Waals surface area contributed by atoms with E-state index in [4.69, 9.17) is 5.73 Å². The minimum absolute atomic E-state index is 0.591. The molecule has 17 heavy (non-hydrogen) atoms. The topological polar surface area (TPSA) is 41.8 Å². The molecule has 0 aliphatic heterocycles. The fourth-order valence-electron chi connectivity index (χ4n) is 2.06. The first-order valence-corrected chi connectivity index (χ1v) is 6.47. The van der Waals surface area contributed by atoms with E-state index in [9.17, 15) is 0 Å². The van der Waals surface area contributed by atoms with Gasteiger partial charge >= 0.3 is 0 Å². The number of nitrogens with two attached hydrogens (primary N) is 1. The molecule has 0 aliphatic carbocycles. The summed E-state index contributed by atoms with van der Waals surface area (Å²) in [5.74, 6) is 0. The van der Waals surface area contributed by atoms with Gasteiger partial charge in [0.05, 0.1) is 10.6 Å². The molecule has 0 amide bonds. The molecule has 2 aromatic heterocycles. The van der Waals surface area contributed by atoms with Crippen molar-refractivity contribution in [3.63, 3.8) is 0 Å². The molecular formula is C14H14N2S. The van der Waals surface area contributed by atoms with Crippen molar-refractivity contribution < 1.29 is 0 Å². The average molecular weight is 242 g/mol. The van der Waals surface area contributed by atoms with Crippen LogP contribution in [-0.2, 0) is 6.54 Å². The van der Waals surface area contributed by atoms with Gasteiger partial charge in [0.2, 0.25) is 0 Å². The van der Waals surface area contributed by atoms with Crippen LogP contribution in [0.1, 0.15) is 11.3 Å². The number of aromatic nitrogens is 1. The third kappa shape index (κ3) is 1.77. The Bertz CT molecular complexity index is 631. The van der Waals surface area contributed by atoms with Gasteiger partial charge in [0.1, 0.15) is 0 Å². The lowest BCUT2D eigenvalue weighted by molar-refractivity contribution is 1.04. The Morgan fingerprint density at radius 2 is 2.06 bits per heavy atom. The molecule has 2 nitrogen and oxygen atoms in total. The molecule has 0 atom stereocenters. The van der Waals surface area contributed by atoms with Crippen molar-refractivity contribution in [3.8, 4) is 10.6 Å². The lowest BCUT2D eigenvalue weighted by Crippen LogP contribution is -1.95. The van der Waals surface area contributed by atoms with Crippen LogP contribution in [0.2, 0.25) is 0 Å². The predicted octanol–water partition coefficient (Wildman–Crippen LogP) is 3.66. The van der Waals surface area contributed by atoms with Crippen LogP contribution >= 0.6 is 11.3 Å². The fourth-order valence-corrected chi connectivity index (χ4v) is 3.09. The van der Waals surface area contributed by atoms with Crippen LogP contribution in [0.5, 0.6) is 0 Å². The summed E-state index contributed by atoms with van der Waals surface area (Å²) >= 11 is 1.81. The van der Waals surface area contributed by atoms with Gasteiger partial charge in [-0.2, -0.15) is 0 Å². The second kappa shape index (κ2) is 4.02. The van der Waals surface area contributed by atoms with E-state index in [1.165, 1.54) is 31.9 Å². The summed E-state index contributed by atoms with van der Waals surface area (Å²) in [6.45, 7) is 2.66. The van der Waals surface area contributed by atoms with Crippen molar-refractivity contribution in [2.75, 3.05) is 0 Å². The summed E-state index contributed by atoms with van der Waals surface area (Å²) in [7, 11) is 0. The molecule has 3 aromatic rings. The second-order valence-corrected chi connectivity index (χ2v) is 5.27. The number of H-pyrrole nitrogens is 1. The van der Waals surface area contributed by atoms with Crippen molar-refractivity contribution in [3.05, 3.63) is 47.7 Å². The molecule has 3 rings (SSSR count).